The Bertz CT molecular complexity index is 785. The largest absolute Gasteiger partial charge is 0.392 e. The zero-order chi connectivity index (χ0) is 22.8. The molecule has 0 aromatic rings. The predicted octanol–water partition coefficient (Wildman–Crippen LogP) is 7.12. The van der Waals surface area contributed by atoms with Crippen molar-refractivity contribution in [2.45, 2.75) is 106 Å². The van der Waals surface area contributed by atoms with Crippen molar-refractivity contribution in [3.05, 3.63) is 23.3 Å². The molecule has 4 rings (SSSR count). The Morgan fingerprint density at radius 3 is 2.58 bits per heavy atom. The lowest BCUT2D eigenvalue weighted by molar-refractivity contribution is -0.131. The smallest absolute Gasteiger partial charge is 0.137 e. The van der Waals surface area contributed by atoms with Gasteiger partial charge in [0, 0.05) is 17.8 Å². The number of fused-ring (bicyclic) bond motifs is 5. The van der Waals surface area contributed by atoms with E-state index in [1.54, 1.807) is 0 Å². The monoisotopic (exact) mass is 426 g/mol. The quantitative estimate of drug-likeness (QED) is 0.486. The summed E-state index contributed by atoms with van der Waals surface area (Å²) in [5.74, 6) is 3.06. The summed E-state index contributed by atoms with van der Waals surface area (Å²) in [6.07, 6.45) is 13.2. The van der Waals surface area contributed by atoms with Crippen LogP contribution in [-0.4, -0.2) is 17.0 Å². The van der Waals surface area contributed by atoms with Crippen molar-refractivity contribution in [1.82, 2.24) is 0 Å². The predicted molar refractivity (Wildman–Crippen MR) is 129 cm³/mol. The molecule has 31 heavy (non-hydrogen) atoms. The Hall–Kier alpha value is -0.890. The van der Waals surface area contributed by atoms with Crippen molar-refractivity contribution in [1.29, 1.82) is 0 Å². The first-order valence-corrected chi connectivity index (χ1v) is 13.0. The van der Waals surface area contributed by atoms with Gasteiger partial charge in [-0.2, -0.15) is 0 Å². The molecule has 0 spiro atoms. The number of Topliss-reactive ketones (excluding diaryl/α,β-unsaturated/α-hetero) is 1. The average molecular weight is 427 g/mol. The number of allylic oxidation sites excluding steroid dienone is 3. The molecular formula is C29H46O2. The lowest BCUT2D eigenvalue weighted by Crippen LogP contribution is -2.55. The molecule has 0 bridgehead atoms. The minimum atomic E-state index is -0.239. The fourth-order valence-corrected chi connectivity index (χ4v) is 8.92. The molecule has 1 N–H and O–H groups in total. The van der Waals surface area contributed by atoms with Gasteiger partial charge in [-0.25, -0.2) is 0 Å². The summed E-state index contributed by atoms with van der Waals surface area (Å²) in [5, 5.41) is 10.7. The van der Waals surface area contributed by atoms with Gasteiger partial charge >= 0.3 is 0 Å². The van der Waals surface area contributed by atoms with E-state index < -0.39 is 0 Å². The molecule has 0 radical (unpaired) electrons. The van der Waals surface area contributed by atoms with E-state index in [1.165, 1.54) is 30.4 Å². The van der Waals surface area contributed by atoms with Crippen molar-refractivity contribution in [3.63, 3.8) is 0 Å². The summed E-state index contributed by atoms with van der Waals surface area (Å²) >= 11 is 0. The minimum Gasteiger partial charge on any atom is -0.392 e. The van der Waals surface area contributed by atoms with Gasteiger partial charge in [0.25, 0.3) is 0 Å². The normalized spacial score (nSPS) is 44.6. The molecule has 174 valence electrons. The van der Waals surface area contributed by atoms with Crippen molar-refractivity contribution in [2.75, 3.05) is 0 Å². The van der Waals surface area contributed by atoms with Crippen LogP contribution in [0.25, 0.3) is 0 Å². The summed E-state index contributed by atoms with van der Waals surface area (Å²) in [6.45, 7) is 16.2. The Morgan fingerprint density at radius 2 is 1.90 bits per heavy atom. The van der Waals surface area contributed by atoms with Crippen LogP contribution in [0.3, 0.4) is 0 Å². The fourth-order valence-electron chi connectivity index (χ4n) is 8.92. The topological polar surface area (TPSA) is 37.3 Å². The van der Waals surface area contributed by atoms with E-state index in [1.807, 2.05) is 0 Å². The number of aliphatic hydroxyl groups is 1. The van der Waals surface area contributed by atoms with Crippen LogP contribution in [0.4, 0.5) is 0 Å². The second kappa shape index (κ2) is 7.86. The van der Waals surface area contributed by atoms with E-state index in [9.17, 15) is 9.90 Å². The molecule has 3 saturated carbocycles. The summed E-state index contributed by atoms with van der Waals surface area (Å²) in [5.41, 5.74) is 3.08. The van der Waals surface area contributed by atoms with Crippen LogP contribution < -0.4 is 0 Å². The van der Waals surface area contributed by atoms with Crippen LogP contribution in [0.5, 0.6) is 0 Å². The van der Waals surface area contributed by atoms with Gasteiger partial charge in [0.05, 0.1) is 6.10 Å². The van der Waals surface area contributed by atoms with Crippen LogP contribution in [0.1, 0.15) is 99.8 Å². The van der Waals surface area contributed by atoms with Crippen LogP contribution >= 0.6 is 0 Å². The zero-order valence-corrected chi connectivity index (χ0v) is 21.1. The van der Waals surface area contributed by atoms with Crippen molar-refractivity contribution < 1.29 is 9.90 Å². The third-order valence-electron chi connectivity index (χ3n) is 10.6. The molecule has 0 amide bonds. The first-order valence-electron chi connectivity index (χ1n) is 13.0. The number of carbonyl (C=O) groups excluding carboxylic acids is 1. The highest BCUT2D eigenvalue weighted by Crippen LogP contribution is 2.68. The first-order chi connectivity index (χ1) is 14.4. The molecule has 4 aliphatic carbocycles. The van der Waals surface area contributed by atoms with Gasteiger partial charge in [-0.3, -0.25) is 4.79 Å². The Morgan fingerprint density at radius 1 is 1.19 bits per heavy atom. The van der Waals surface area contributed by atoms with E-state index in [4.69, 9.17) is 0 Å². The Labute approximate surface area is 191 Å². The number of rotatable bonds is 4. The summed E-state index contributed by atoms with van der Waals surface area (Å²) < 4.78 is 0. The second-order valence-electron chi connectivity index (χ2n) is 13.0. The first kappa shape index (κ1) is 23.3. The van der Waals surface area contributed by atoms with Gasteiger partial charge in [0.2, 0.25) is 0 Å². The third kappa shape index (κ3) is 3.51. The number of ketones is 1. The second-order valence-corrected chi connectivity index (χ2v) is 13.0. The van der Waals surface area contributed by atoms with Gasteiger partial charge in [0.15, 0.2) is 0 Å². The highest BCUT2D eigenvalue weighted by atomic mass is 16.3. The van der Waals surface area contributed by atoms with E-state index in [0.717, 1.165) is 32.1 Å². The van der Waals surface area contributed by atoms with Crippen molar-refractivity contribution in [3.8, 4) is 0 Å². The average Bonchev–Trinajstić information content (AvgIpc) is 2.96. The third-order valence-corrected chi connectivity index (χ3v) is 10.6. The van der Waals surface area contributed by atoms with Crippen molar-refractivity contribution >= 4 is 5.78 Å². The van der Waals surface area contributed by atoms with Crippen LogP contribution in [0.2, 0.25) is 0 Å². The molecular weight excluding hydrogens is 380 g/mol. The Balaban J connectivity index is 1.61. The van der Waals surface area contributed by atoms with Gasteiger partial charge < -0.3 is 5.11 Å². The number of hydrogen-bond acceptors (Lipinski definition) is 2. The maximum atomic E-state index is 13.5. The highest BCUT2D eigenvalue weighted by molar-refractivity contribution is 5.85. The standard InChI is InChI=1S/C29H46O2/c1-18(2)9-8-10-19(3)22-17-23(30)26-20-11-12-24-27(4,5)25(31)14-16-28(24,6)21(20)13-15-29(22,26)7/h9,12,19-22,25-26,31H,8,10-11,13-17H2,1-7H3/t19-,20-,21+,22-,25?,26-,28-,29-/m1/s1. The van der Waals surface area contributed by atoms with E-state index >= 15 is 0 Å². The number of hydrogen-bond donors (Lipinski definition) is 1. The number of aliphatic hydroxyl groups excluding tert-OH is 1. The highest BCUT2D eigenvalue weighted by Gasteiger charge is 2.63. The summed E-state index contributed by atoms with van der Waals surface area (Å²) in [6, 6.07) is 0. The molecule has 0 saturated heterocycles. The van der Waals surface area contributed by atoms with E-state index in [2.05, 4.69) is 60.6 Å². The van der Waals surface area contributed by atoms with Gasteiger partial charge in [0.1, 0.15) is 5.78 Å². The van der Waals surface area contributed by atoms with E-state index in [-0.39, 0.29) is 28.3 Å². The fraction of sp³-hybridized carbons (Fsp3) is 0.828. The van der Waals surface area contributed by atoms with Crippen LogP contribution in [0.15, 0.2) is 23.3 Å². The van der Waals surface area contributed by atoms with Gasteiger partial charge in [-0.15, -0.1) is 0 Å². The zero-order valence-electron chi connectivity index (χ0n) is 21.1. The molecule has 0 aromatic heterocycles. The molecule has 1 unspecified atom stereocenters. The maximum Gasteiger partial charge on any atom is 0.137 e. The summed E-state index contributed by atoms with van der Waals surface area (Å²) in [7, 11) is 0. The minimum absolute atomic E-state index is 0.139. The SMILES string of the molecule is CC(C)=CCC[C@@H](C)[C@H]1CC(=O)[C@H]2[C@@H]3CC=C4C(C)(C)C(O)CC[C@]4(C)[C@H]3CC[C@]12C. The molecule has 2 heteroatoms. The molecule has 4 aliphatic rings. The van der Waals surface area contributed by atoms with Crippen LogP contribution in [-0.2, 0) is 4.79 Å². The van der Waals surface area contributed by atoms with Crippen molar-refractivity contribution in [2.24, 2.45) is 45.8 Å². The molecule has 0 aliphatic heterocycles. The summed E-state index contributed by atoms with van der Waals surface area (Å²) in [4.78, 5) is 13.5. The van der Waals surface area contributed by atoms with Gasteiger partial charge in [-0.1, -0.05) is 57.9 Å². The molecule has 0 heterocycles. The lowest BCUT2D eigenvalue weighted by atomic mass is 9.44. The lowest BCUT2D eigenvalue weighted by Gasteiger charge is -2.60. The Kier molecular flexibility index (Phi) is 5.90. The molecule has 0 aromatic carbocycles. The number of carbonyl (C=O) groups is 1. The molecule has 8 atom stereocenters. The molecule has 2 nitrogen and oxygen atoms in total. The maximum absolute atomic E-state index is 13.5. The molecule has 3 fully saturated rings. The van der Waals surface area contributed by atoms with Crippen LogP contribution in [0, 0.1) is 45.8 Å². The van der Waals surface area contributed by atoms with E-state index in [0.29, 0.717) is 29.5 Å². The van der Waals surface area contributed by atoms with Gasteiger partial charge in [-0.05, 0) is 93.3 Å².